The van der Waals surface area contributed by atoms with Gasteiger partial charge in [0.1, 0.15) is 0 Å². The van der Waals surface area contributed by atoms with E-state index in [-0.39, 0.29) is 0 Å². The summed E-state index contributed by atoms with van der Waals surface area (Å²) in [6.07, 6.45) is 3.40. The zero-order valence-corrected chi connectivity index (χ0v) is 8.42. The maximum absolute atomic E-state index is 11.2. The predicted octanol–water partition coefficient (Wildman–Crippen LogP) is 0.498. The molecule has 0 aliphatic heterocycles. The van der Waals surface area contributed by atoms with Gasteiger partial charge in [-0.25, -0.2) is 21.5 Å². The monoisotopic (exact) mass is 217 g/mol. The lowest BCUT2D eigenvalue weighted by atomic mass is 10.1. The summed E-state index contributed by atoms with van der Waals surface area (Å²) in [5, 5.41) is 2.87. The molecule has 6 heteroatoms. The van der Waals surface area contributed by atoms with E-state index in [9.17, 15) is 4.79 Å². The second kappa shape index (κ2) is 4.13. The van der Waals surface area contributed by atoms with Crippen molar-refractivity contribution < 1.29 is 4.79 Å². The first-order valence-corrected chi connectivity index (χ1v) is 4.61. The van der Waals surface area contributed by atoms with Crippen LogP contribution in [0.25, 0.3) is 10.8 Å². The Balaban J connectivity index is 2.43. The standard InChI is InChI=1S/C10H11N5O/c11-14-10(16)15(12)9-2-1-7-3-4-13-6-8(7)5-9/h1-6H,11-12H2,(H,14,16). The zero-order chi connectivity index (χ0) is 11.5. The van der Waals surface area contributed by atoms with Crippen LogP contribution in [0.5, 0.6) is 0 Å². The normalized spacial score (nSPS) is 10.1. The summed E-state index contributed by atoms with van der Waals surface area (Å²) in [5.74, 6) is 10.6. The van der Waals surface area contributed by atoms with Crippen LogP contribution in [0.2, 0.25) is 0 Å². The van der Waals surface area contributed by atoms with Crippen molar-refractivity contribution >= 4 is 22.5 Å². The van der Waals surface area contributed by atoms with Crippen LogP contribution >= 0.6 is 0 Å². The van der Waals surface area contributed by atoms with Crippen molar-refractivity contribution in [1.82, 2.24) is 10.4 Å². The van der Waals surface area contributed by atoms with Gasteiger partial charge in [0.15, 0.2) is 0 Å². The molecule has 0 atom stereocenters. The molecule has 1 aromatic heterocycles. The molecule has 82 valence electrons. The number of carbonyl (C=O) groups is 1. The Morgan fingerprint density at radius 3 is 2.88 bits per heavy atom. The lowest BCUT2D eigenvalue weighted by Crippen LogP contribution is -2.47. The molecule has 2 amide bonds. The van der Waals surface area contributed by atoms with Gasteiger partial charge < -0.3 is 0 Å². The molecule has 16 heavy (non-hydrogen) atoms. The van der Waals surface area contributed by atoms with E-state index in [1.807, 2.05) is 17.6 Å². The SMILES string of the molecule is NNC(=O)N(N)c1ccc2ccncc2c1. The highest BCUT2D eigenvalue weighted by Crippen LogP contribution is 2.19. The summed E-state index contributed by atoms with van der Waals surface area (Å²) in [6.45, 7) is 0. The van der Waals surface area contributed by atoms with Crippen LogP contribution in [-0.2, 0) is 0 Å². The van der Waals surface area contributed by atoms with E-state index in [0.717, 1.165) is 15.8 Å². The van der Waals surface area contributed by atoms with E-state index >= 15 is 0 Å². The van der Waals surface area contributed by atoms with E-state index in [4.69, 9.17) is 11.7 Å². The van der Waals surface area contributed by atoms with Gasteiger partial charge in [-0.2, -0.15) is 0 Å². The van der Waals surface area contributed by atoms with Gasteiger partial charge in [-0.05, 0) is 23.6 Å². The van der Waals surface area contributed by atoms with Crippen molar-refractivity contribution in [2.75, 3.05) is 5.01 Å². The lowest BCUT2D eigenvalue weighted by molar-refractivity contribution is 0.246. The van der Waals surface area contributed by atoms with Gasteiger partial charge in [0.05, 0.1) is 5.69 Å². The fourth-order valence-electron chi connectivity index (χ4n) is 1.41. The minimum atomic E-state index is -0.580. The minimum absolute atomic E-state index is 0.545. The van der Waals surface area contributed by atoms with E-state index in [1.54, 1.807) is 24.5 Å². The van der Waals surface area contributed by atoms with Crippen LogP contribution in [0.3, 0.4) is 0 Å². The molecule has 2 rings (SSSR count). The fourth-order valence-corrected chi connectivity index (χ4v) is 1.41. The Labute approximate surface area is 91.8 Å². The molecule has 0 unspecified atom stereocenters. The van der Waals surface area contributed by atoms with Gasteiger partial charge in [-0.15, -0.1) is 0 Å². The molecule has 2 aromatic rings. The largest absolute Gasteiger partial charge is 0.350 e. The van der Waals surface area contributed by atoms with Crippen molar-refractivity contribution in [2.45, 2.75) is 0 Å². The summed E-state index contributed by atoms with van der Waals surface area (Å²) in [4.78, 5) is 15.2. The van der Waals surface area contributed by atoms with Crippen molar-refractivity contribution in [1.29, 1.82) is 0 Å². The molecule has 0 fully saturated rings. The van der Waals surface area contributed by atoms with E-state index in [1.165, 1.54) is 0 Å². The van der Waals surface area contributed by atoms with E-state index in [2.05, 4.69) is 4.98 Å². The van der Waals surface area contributed by atoms with Crippen LogP contribution in [-0.4, -0.2) is 11.0 Å². The van der Waals surface area contributed by atoms with Crippen LogP contribution in [0, 0.1) is 0 Å². The van der Waals surface area contributed by atoms with E-state index in [0.29, 0.717) is 5.69 Å². The van der Waals surface area contributed by atoms with E-state index < -0.39 is 6.03 Å². The summed E-state index contributed by atoms with van der Waals surface area (Å²) >= 11 is 0. The average molecular weight is 217 g/mol. The van der Waals surface area contributed by atoms with Crippen LogP contribution in [0.1, 0.15) is 0 Å². The van der Waals surface area contributed by atoms with Crippen LogP contribution in [0.15, 0.2) is 36.7 Å². The topological polar surface area (TPSA) is 97.3 Å². The number of urea groups is 1. The van der Waals surface area contributed by atoms with Crippen molar-refractivity contribution in [3.63, 3.8) is 0 Å². The van der Waals surface area contributed by atoms with Gasteiger partial charge in [0, 0.05) is 17.8 Å². The number of pyridine rings is 1. The van der Waals surface area contributed by atoms with Gasteiger partial charge in [-0.1, -0.05) is 6.07 Å². The fraction of sp³-hybridized carbons (Fsp3) is 0. The van der Waals surface area contributed by atoms with Crippen LogP contribution in [0.4, 0.5) is 10.5 Å². The quantitative estimate of drug-likeness (QED) is 0.368. The van der Waals surface area contributed by atoms with Gasteiger partial charge in [0.2, 0.25) is 0 Å². The van der Waals surface area contributed by atoms with Gasteiger partial charge in [-0.3, -0.25) is 10.4 Å². The number of benzene rings is 1. The summed E-state index contributed by atoms with van der Waals surface area (Å²) in [5.41, 5.74) is 2.50. The van der Waals surface area contributed by atoms with Gasteiger partial charge in [0.25, 0.3) is 0 Å². The number of anilines is 1. The Kier molecular flexibility index (Phi) is 2.67. The van der Waals surface area contributed by atoms with Gasteiger partial charge >= 0.3 is 6.03 Å². The number of nitrogens with two attached hydrogens (primary N) is 2. The summed E-state index contributed by atoms with van der Waals surface area (Å²) in [6, 6.07) is 6.65. The maximum atomic E-state index is 11.2. The molecule has 0 bridgehead atoms. The molecule has 1 heterocycles. The molecule has 0 saturated carbocycles. The molecule has 0 radical (unpaired) electrons. The number of aromatic nitrogens is 1. The van der Waals surface area contributed by atoms with Crippen molar-refractivity contribution in [3.05, 3.63) is 36.7 Å². The molecule has 0 spiro atoms. The second-order valence-corrected chi connectivity index (χ2v) is 3.23. The lowest BCUT2D eigenvalue weighted by Gasteiger charge is -2.15. The number of hydrogen-bond acceptors (Lipinski definition) is 4. The number of hydrazine groups is 2. The third-order valence-electron chi connectivity index (χ3n) is 2.24. The first-order chi connectivity index (χ1) is 7.72. The smallest absolute Gasteiger partial charge is 0.274 e. The molecular weight excluding hydrogens is 206 g/mol. The highest BCUT2D eigenvalue weighted by Gasteiger charge is 2.09. The first-order valence-electron chi connectivity index (χ1n) is 4.61. The zero-order valence-electron chi connectivity index (χ0n) is 8.42. The number of carbonyl (C=O) groups excluding carboxylic acids is 1. The molecule has 0 saturated heterocycles. The molecule has 0 aliphatic carbocycles. The summed E-state index contributed by atoms with van der Waals surface area (Å²) < 4.78 is 0. The Hall–Kier alpha value is -2.18. The number of fused-ring (bicyclic) bond motifs is 1. The molecule has 6 nitrogen and oxygen atoms in total. The third-order valence-corrected chi connectivity index (χ3v) is 2.24. The first kappa shape index (κ1) is 10.3. The number of hydrogen-bond donors (Lipinski definition) is 3. The minimum Gasteiger partial charge on any atom is -0.274 e. The second-order valence-electron chi connectivity index (χ2n) is 3.23. The molecule has 1 aromatic carbocycles. The van der Waals surface area contributed by atoms with Crippen LogP contribution < -0.4 is 22.1 Å². The average Bonchev–Trinajstić information content (AvgIpc) is 2.36. The van der Waals surface area contributed by atoms with Crippen molar-refractivity contribution in [2.24, 2.45) is 11.7 Å². The molecule has 0 aliphatic rings. The Morgan fingerprint density at radius 1 is 1.31 bits per heavy atom. The molecule has 5 N–H and O–H groups in total. The van der Waals surface area contributed by atoms with Crippen molar-refractivity contribution in [3.8, 4) is 0 Å². The Bertz CT molecular complexity index is 527. The highest BCUT2D eigenvalue weighted by molar-refractivity contribution is 5.93. The number of nitrogens with one attached hydrogen (secondary N) is 1. The number of nitrogens with zero attached hydrogens (tertiary/aromatic N) is 2. The molecular formula is C10H11N5O. The highest BCUT2D eigenvalue weighted by atomic mass is 16.2. The maximum Gasteiger partial charge on any atom is 0.350 e. The number of amides is 2. The Morgan fingerprint density at radius 2 is 2.12 bits per heavy atom. The predicted molar refractivity (Wildman–Crippen MR) is 61.1 cm³/mol. The third kappa shape index (κ3) is 1.79. The summed E-state index contributed by atoms with van der Waals surface area (Å²) in [7, 11) is 0. The number of rotatable bonds is 1.